The number of nitrogens with one attached hydrogen (secondary N) is 1. The van der Waals surface area contributed by atoms with Crippen LogP contribution in [0.25, 0.3) is 11.8 Å². The number of hydrogen-bond donors (Lipinski definition) is 1. The Morgan fingerprint density at radius 3 is 2.74 bits per heavy atom. The summed E-state index contributed by atoms with van der Waals surface area (Å²) >= 11 is 0. The fourth-order valence-corrected chi connectivity index (χ4v) is 1.65. The van der Waals surface area contributed by atoms with Crippen LogP contribution in [-0.2, 0) is 4.79 Å². The van der Waals surface area contributed by atoms with Crippen LogP contribution in [0.15, 0.2) is 48.8 Å². The van der Waals surface area contributed by atoms with Crippen molar-refractivity contribution in [3.8, 4) is 5.69 Å². The number of benzene rings is 1. The first-order valence-electron chi connectivity index (χ1n) is 6.24. The van der Waals surface area contributed by atoms with Gasteiger partial charge in [0.2, 0.25) is 5.91 Å². The molecule has 0 aliphatic rings. The molecule has 0 aliphatic carbocycles. The highest BCUT2D eigenvalue weighted by Gasteiger charge is 2.00. The molecule has 0 fully saturated rings. The molecule has 0 saturated carbocycles. The first-order chi connectivity index (χ1) is 9.15. The number of aromatic nitrogens is 2. The van der Waals surface area contributed by atoms with E-state index in [-0.39, 0.29) is 11.9 Å². The van der Waals surface area contributed by atoms with Crippen LogP contribution in [-0.4, -0.2) is 21.7 Å². The molecule has 2 aromatic rings. The third kappa shape index (κ3) is 3.81. The van der Waals surface area contributed by atoms with E-state index in [2.05, 4.69) is 10.4 Å². The van der Waals surface area contributed by atoms with E-state index in [1.54, 1.807) is 17.0 Å². The van der Waals surface area contributed by atoms with Crippen LogP contribution in [0.1, 0.15) is 19.4 Å². The molecule has 0 saturated heterocycles. The topological polar surface area (TPSA) is 46.9 Å². The highest BCUT2D eigenvalue weighted by Crippen LogP contribution is 2.08. The predicted molar refractivity (Wildman–Crippen MR) is 75.9 cm³/mol. The number of amides is 1. The van der Waals surface area contributed by atoms with Crippen LogP contribution in [0.5, 0.6) is 0 Å². The van der Waals surface area contributed by atoms with Crippen molar-refractivity contribution in [2.45, 2.75) is 19.9 Å². The SMILES string of the molecule is CC(C)NC(=O)C=Cc1cnn(-c2ccccc2)c1. The number of hydrogen-bond acceptors (Lipinski definition) is 2. The lowest BCUT2D eigenvalue weighted by atomic mass is 10.3. The van der Waals surface area contributed by atoms with Gasteiger partial charge in [0.15, 0.2) is 0 Å². The van der Waals surface area contributed by atoms with E-state index in [9.17, 15) is 4.79 Å². The fourth-order valence-electron chi connectivity index (χ4n) is 1.65. The Morgan fingerprint density at radius 2 is 2.05 bits per heavy atom. The molecule has 0 spiro atoms. The standard InChI is InChI=1S/C15H17N3O/c1-12(2)17-15(19)9-8-13-10-16-18(11-13)14-6-4-3-5-7-14/h3-12H,1-2H3,(H,17,19). The molecule has 1 N–H and O–H groups in total. The van der Waals surface area contributed by atoms with Gasteiger partial charge in [-0.3, -0.25) is 4.79 Å². The Labute approximate surface area is 112 Å². The van der Waals surface area contributed by atoms with Gasteiger partial charge in [-0.25, -0.2) is 4.68 Å². The molecule has 1 aromatic heterocycles. The summed E-state index contributed by atoms with van der Waals surface area (Å²) < 4.78 is 1.78. The van der Waals surface area contributed by atoms with Crippen LogP contribution < -0.4 is 5.32 Å². The zero-order valence-corrected chi connectivity index (χ0v) is 11.1. The average molecular weight is 255 g/mol. The summed E-state index contributed by atoms with van der Waals surface area (Å²) in [6.45, 7) is 3.86. The molecule has 0 atom stereocenters. The van der Waals surface area contributed by atoms with Gasteiger partial charge >= 0.3 is 0 Å². The molecule has 4 nitrogen and oxygen atoms in total. The number of carbonyl (C=O) groups excluding carboxylic acids is 1. The second kappa shape index (κ2) is 6.00. The quantitative estimate of drug-likeness (QED) is 0.853. The third-order valence-corrected chi connectivity index (χ3v) is 2.48. The second-order valence-electron chi connectivity index (χ2n) is 4.55. The molecule has 2 rings (SSSR count). The van der Waals surface area contributed by atoms with E-state index in [0.717, 1.165) is 11.3 Å². The summed E-state index contributed by atoms with van der Waals surface area (Å²) in [6.07, 6.45) is 6.89. The van der Waals surface area contributed by atoms with Crippen molar-refractivity contribution < 1.29 is 4.79 Å². The lowest BCUT2D eigenvalue weighted by Crippen LogP contribution is -2.28. The van der Waals surface area contributed by atoms with Crippen LogP contribution in [0.2, 0.25) is 0 Å². The van der Waals surface area contributed by atoms with E-state index >= 15 is 0 Å². The number of carbonyl (C=O) groups is 1. The van der Waals surface area contributed by atoms with E-state index in [4.69, 9.17) is 0 Å². The maximum atomic E-state index is 11.5. The number of nitrogens with zero attached hydrogens (tertiary/aromatic N) is 2. The molecule has 19 heavy (non-hydrogen) atoms. The monoisotopic (exact) mass is 255 g/mol. The molecular weight excluding hydrogens is 238 g/mol. The molecule has 0 radical (unpaired) electrons. The molecule has 0 bridgehead atoms. The molecule has 0 unspecified atom stereocenters. The van der Waals surface area contributed by atoms with Crippen LogP contribution in [0.3, 0.4) is 0 Å². The Bertz CT molecular complexity index is 570. The Hall–Kier alpha value is -2.36. The Balaban J connectivity index is 2.06. The fraction of sp³-hybridized carbons (Fsp3) is 0.200. The minimum atomic E-state index is -0.0949. The molecule has 1 amide bonds. The van der Waals surface area contributed by atoms with Gasteiger partial charge in [-0.05, 0) is 32.1 Å². The maximum Gasteiger partial charge on any atom is 0.244 e. The molecule has 1 heterocycles. The van der Waals surface area contributed by atoms with Crippen molar-refractivity contribution in [3.05, 3.63) is 54.4 Å². The van der Waals surface area contributed by atoms with Crippen LogP contribution in [0.4, 0.5) is 0 Å². The van der Waals surface area contributed by atoms with Crippen molar-refractivity contribution in [3.63, 3.8) is 0 Å². The molecule has 1 aromatic carbocycles. The van der Waals surface area contributed by atoms with Gasteiger partial charge in [-0.1, -0.05) is 18.2 Å². The summed E-state index contributed by atoms with van der Waals surface area (Å²) in [5.41, 5.74) is 1.89. The first-order valence-corrected chi connectivity index (χ1v) is 6.24. The third-order valence-electron chi connectivity index (χ3n) is 2.48. The highest BCUT2D eigenvalue weighted by atomic mass is 16.1. The van der Waals surface area contributed by atoms with Crippen molar-refractivity contribution in [2.75, 3.05) is 0 Å². The van der Waals surface area contributed by atoms with Gasteiger partial charge in [0.05, 0.1) is 11.9 Å². The average Bonchev–Trinajstić information content (AvgIpc) is 2.85. The molecule has 0 aliphatic heterocycles. The van der Waals surface area contributed by atoms with E-state index in [0.29, 0.717) is 0 Å². The van der Waals surface area contributed by atoms with Gasteiger partial charge in [-0.2, -0.15) is 5.10 Å². The Kier molecular flexibility index (Phi) is 4.13. The second-order valence-corrected chi connectivity index (χ2v) is 4.55. The molecule has 4 heteroatoms. The predicted octanol–water partition coefficient (Wildman–Crippen LogP) is 2.41. The smallest absolute Gasteiger partial charge is 0.244 e. The lowest BCUT2D eigenvalue weighted by molar-refractivity contribution is -0.116. The summed E-state index contributed by atoms with van der Waals surface area (Å²) in [5.74, 6) is -0.0949. The van der Waals surface area contributed by atoms with Crippen molar-refractivity contribution in [2.24, 2.45) is 0 Å². The van der Waals surface area contributed by atoms with Crippen molar-refractivity contribution in [1.29, 1.82) is 0 Å². The zero-order valence-electron chi connectivity index (χ0n) is 11.1. The zero-order chi connectivity index (χ0) is 13.7. The van der Waals surface area contributed by atoms with E-state index in [1.165, 1.54) is 6.08 Å². The van der Waals surface area contributed by atoms with Crippen LogP contribution in [0, 0.1) is 0 Å². The molecular formula is C15H17N3O. The summed E-state index contributed by atoms with van der Waals surface area (Å²) in [6, 6.07) is 9.98. The van der Waals surface area contributed by atoms with Gasteiger partial charge in [-0.15, -0.1) is 0 Å². The van der Waals surface area contributed by atoms with Crippen LogP contribution >= 0.6 is 0 Å². The van der Waals surface area contributed by atoms with Gasteiger partial charge in [0.25, 0.3) is 0 Å². The maximum absolute atomic E-state index is 11.5. The minimum absolute atomic E-state index is 0.0949. The Morgan fingerprint density at radius 1 is 1.32 bits per heavy atom. The van der Waals surface area contributed by atoms with Crippen molar-refractivity contribution >= 4 is 12.0 Å². The number of para-hydroxylation sites is 1. The minimum Gasteiger partial charge on any atom is -0.350 e. The normalized spacial score (nSPS) is 11.1. The first kappa shape index (κ1) is 13.1. The highest BCUT2D eigenvalue weighted by molar-refractivity contribution is 5.91. The largest absolute Gasteiger partial charge is 0.350 e. The van der Waals surface area contributed by atoms with Crippen molar-refractivity contribution in [1.82, 2.24) is 15.1 Å². The summed E-state index contributed by atoms with van der Waals surface area (Å²) in [7, 11) is 0. The van der Waals surface area contributed by atoms with Gasteiger partial charge in [0, 0.05) is 23.9 Å². The summed E-state index contributed by atoms with van der Waals surface area (Å²) in [5, 5.41) is 7.06. The van der Waals surface area contributed by atoms with E-state index in [1.807, 2.05) is 50.4 Å². The number of rotatable bonds is 4. The van der Waals surface area contributed by atoms with Gasteiger partial charge < -0.3 is 5.32 Å². The summed E-state index contributed by atoms with van der Waals surface area (Å²) in [4.78, 5) is 11.5. The van der Waals surface area contributed by atoms with Gasteiger partial charge in [0.1, 0.15) is 0 Å². The van der Waals surface area contributed by atoms with E-state index < -0.39 is 0 Å². The lowest BCUT2D eigenvalue weighted by Gasteiger charge is -2.03. The molecule has 98 valence electrons.